The van der Waals surface area contributed by atoms with E-state index in [0.29, 0.717) is 45.0 Å². The number of benzene rings is 3. The molecule has 228 valence electrons. The molecule has 12 heteroatoms. The number of carboxylic acid groups (broad SMARTS) is 1. The fraction of sp³-hybridized carbons (Fsp3) is 0.188. The van der Waals surface area contributed by atoms with Crippen LogP contribution in [-0.4, -0.2) is 60.0 Å². The number of aromatic nitrogens is 3. The van der Waals surface area contributed by atoms with Gasteiger partial charge in [-0.3, -0.25) is 9.59 Å². The van der Waals surface area contributed by atoms with E-state index in [4.69, 9.17) is 35.7 Å². The zero-order chi connectivity index (χ0) is 31.6. The van der Waals surface area contributed by atoms with Crippen LogP contribution in [0.3, 0.4) is 0 Å². The van der Waals surface area contributed by atoms with Gasteiger partial charge in [0.1, 0.15) is 23.0 Å². The number of hydrogen-bond donors (Lipinski definition) is 2. The molecule has 44 heavy (non-hydrogen) atoms. The summed E-state index contributed by atoms with van der Waals surface area (Å²) in [6.45, 7) is 0. The summed E-state index contributed by atoms with van der Waals surface area (Å²) in [4.78, 5) is 27.7. The van der Waals surface area contributed by atoms with E-state index in [1.807, 2.05) is 12.1 Å². The maximum Gasteiger partial charge on any atom is 0.307 e. The predicted octanol–water partition coefficient (Wildman–Crippen LogP) is 5.58. The van der Waals surface area contributed by atoms with Crippen LogP contribution in [0.2, 0.25) is 5.02 Å². The number of amides is 1. The maximum absolute atomic E-state index is 12.8. The van der Waals surface area contributed by atoms with Crippen LogP contribution in [-0.2, 0) is 22.4 Å². The predicted molar refractivity (Wildman–Crippen MR) is 166 cm³/mol. The van der Waals surface area contributed by atoms with Crippen molar-refractivity contribution in [1.29, 1.82) is 0 Å². The van der Waals surface area contributed by atoms with Gasteiger partial charge in [0, 0.05) is 29.5 Å². The average Bonchev–Trinajstić information content (AvgIpc) is 3.38. The Morgan fingerprint density at radius 1 is 0.818 bits per heavy atom. The quantitative estimate of drug-likeness (QED) is 0.206. The third-order valence-corrected chi connectivity index (χ3v) is 6.58. The SMILES string of the molecule is COc1cc(CC(=O)Nc2nn3cccnc3c2-c2ccc(Cl)cc2)cc(OC)c1.COc1cc(CC(=O)O)cc(OC)c1. The van der Waals surface area contributed by atoms with E-state index in [-0.39, 0.29) is 18.7 Å². The highest BCUT2D eigenvalue weighted by molar-refractivity contribution is 6.30. The second-order valence-corrected chi connectivity index (χ2v) is 9.79. The number of hydrogen-bond acceptors (Lipinski definition) is 8. The molecule has 1 amide bonds. The summed E-state index contributed by atoms with van der Waals surface area (Å²) < 4.78 is 22.2. The molecule has 3 aromatic carbocycles. The number of aliphatic carboxylic acids is 1. The van der Waals surface area contributed by atoms with Crippen molar-refractivity contribution in [3.63, 3.8) is 0 Å². The lowest BCUT2D eigenvalue weighted by molar-refractivity contribution is -0.136. The van der Waals surface area contributed by atoms with Crippen molar-refractivity contribution < 1.29 is 33.6 Å². The van der Waals surface area contributed by atoms with E-state index in [1.54, 1.807) is 85.7 Å². The normalized spacial score (nSPS) is 10.4. The number of halogens is 1. The van der Waals surface area contributed by atoms with E-state index in [0.717, 1.165) is 16.7 Å². The topological polar surface area (TPSA) is 134 Å². The molecule has 0 aliphatic rings. The molecule has 5 rings (SSSR count). The molecule has 5 aromatic rings. The fourth-order valence-electron chi connectivity index (χ4n) is 4.33. The standard InChI is InChI=1S/C22H19ClN4O3.C10H12O4/c1-29-17-10-14(11-18(13-17)30-2)12-19(28)25-21-20(15-4-6-16(23)7-5-15)22-24-8-3-9-27(22)26-21;1-13-8-3-7(5-10(11)12)4-9(6-8)14-2/h3-11,13H,12H2,1-2H3,(H,25,26,28);3-4,6H,5H2,1-2H3,(H,11,12). The molecule has 0 aliphatic heterocycles. The van der Waals surface area contributed by atoms with Gasteiger partial charge in [0.05, 0.1) is 46.8 Å². The first-order valence-corrected chi connectivity index (χ1v) is 13.7. The van der Waals surface area contributed by atoms with Crippen molar-refractivity contribution in [3.8, 4) is 34.1 Å². The van der Waals surface area contributed by atoms with Crippen LogP contribution in [0.15, 0.2) is 79.1 Å². The Morgan fingerprint density at radius 2 is 1.34 bits per heavy atom. The molecule has 0 radical (unpaired) electrons. The number of nitrogens with zero attached hydrogens (tertiary/aromatic N) is 3. The molecule has 0 spiro atoms. The first-order chi connectivity index (χ1) is 21.2. The minimum atomic E-state index is -0.875. The van der Waals surface area contributed by atoms with E-state index in [9.17, 15) is 9.59 Å². The largest absolute Gasteiger partial charge is 0.497 e. The highest BCUT2D eigenvalue weighted by atomic mass is 35.5. The number of carboxylic acids is 1. The third-order valence-electron chi connectivity index (χ3n) is 6.33. The van der Waals surface area contributed by atoms with Gasteiger partial charge in [-0.2, -0.15) is 0 Å². The van der Waals surface area contributed by atoms with Crippen molar-refractivity contribution in [2.24, 2.45) is 0 Å². The lowest BCUT2D eigenvalue weighted by atomic mass is 10.1. The molecule has 11 nitrogen and oxygen atoms in total. The van der Waals surface area contributed by atoms with Crippen LogP contribution in [0.5, 0.6) is 23.0 Å². The van der Waals surface area contributed by atoms with Crippen LogP contribution >= 0.6 is 11.6 Å². The summed E-state index contributed by atoms with van der Waals surface area (Å²) in [6, 6.07) is 19.5. The highest BCUT2D eigenvalue weighted by Crippen LogP contribution is 2.32. The second-order valence-electron chi connectivity index (χ2n) is 9.36. The van der Waals surface area contributed by atoms with Crippen LogP contribution in [0.25, 0.3) is 16.8 Å². The van der Waals surface area contributed by atoms with Crippen molar-refractivity contribution in [2.45, 2.75) is 12.8 Å². The molecule has 0 unspecified atom stereocenters. The maximum atomic E-state index is 12.8. The number of carbonyl (C=O) groups excluding carboxylic acids is 1. The van der Waals surface area contributed by atoms with Gasteiger partial charge in [-0.05, 0) is 59.2 Å². The van der Waals surface area contributed by atoms with E-state index in [2.05, 4.69) is 15.4 Å². The summed E-state index contributed by atoms with van der Waals surface area (Å²) in [7, 11) is 6.19. The van der Waals surface area contributed by atoms with Gasteiger partial charge in [-0.1, -0.05) is 23.7 Å². The lowest BCUT2D eigenvalue weighted by Gasteiger charge is -2.09. The number of fused-ring (bicyclic) bond motifs is 1. The summed E-state index contributed by atoms with van der Waals surface area (Å²) in [5.74, 6) is 1.77. The first kappa shape index (κ1) is 31.6. The molecule has 2 heterocycles. The van der Waals surface area contributed by atoms with E-state index in [1.165, 1.54) is 14.2 Å². The van der Waals surface area contributed by atoms with Crippen molar-refractivity contribution in [3.05, 3.63) is 95.3 Å². The average molecular weight is 619 g/mol. The minimum Gasteiger partial charge on any atom is -0.497 e. The molecule has 2 N–H and O–H groups in total. The Labute approximate surface area is 258 Å². The van der Waals surface area contributed by atoms with Gasteiger partial charge in [0.25, 0.3) is 0 Å². The number of methoxy groups -OCH3 is 4. The Morgan fingerprint density at radius 3 is 1.84 bits per heavy atom. The van der Waals surface area contributed by atoms with Crippen LogP contribution in [0.4, 0.5) is 5.82 Å². The van der Waals surface area contributed by atoms with Gasteiger partial charge in [0.2, 0.25) is 5.91 Å². The third kappa shape index (κ3) is 8.17. The number of nitrogens with one attached hydrogen (secondary N) is 1. The smallest absolute Gasteiger partial charge is 0.307 e. The van der Waals surface area contributed by atoms with Crippen molar-refractivity contribution >= 4 is 34.9 Å². The van der Waals surface area contributed by atoms with Gasteiger partial charge in [-0.25, -0.2) is 9.50 Å². The molecular formula is C32H31ClN4O7. The number of carbonyl (C=O) groups is 2. The summed E-state index contributed by atoms with van der Waals surface area (Å²) in [5.41, 5.74) is 3.64. The van der Waals surface area contributed by atoms with Crippen LogP contribution in [0, 0.1) is 0 Å². The van der Waals surface area contributed by atoms with Gasteiger partial charge >= 0.3 is 5.97 Å². The Balaban J connectivity index is 0.000000265. The molecule has 0 atom stereocenters. The number of rotatable bonds is 10. The highest BCUT2D eigenvalue weighted by Gasteiger charge is 2.18. The molecule has 0 fully saturated rings. The van der Waals surface area contributed by atoms with Crippen LogP contribution < -0.4 is 24.3 Å². The minimum absolute atomic E-state index is 0.0342. The molecule has 2 aromatic heterocycles. The van der Waals surface area contributed by atoms with Crippen molar-refractivity contribution in [1.82, 2.24) is 14.6 Å². The summed E-state index contributed by atoms with van der Waals surface area (Å²) in [5, 5.41) is 16.6. The van der Waals surface area contributed by atoms with Gasteiger partial charge in [-0.15, -0.1) is 5.10 Å². The number of anilines is 1. The summed E-state index contributed by atoms with van der Waals surface area (Å²) in [6.07, 6.45) is 3.57. The monoisotopic (exact) mass is 618 g/mol. The zero-order valence-electron chi connectivity index (χ0n) is 24.5. The lowest BCUT2D eigenvalue weighted by Crippen LogP contribution is -2.15. The molecule has 0 saturated heterocycles. The van der Waals surface area contributed by atoms with Gasteiger partial charge in [0.15, 0.2) is 11.5 Å². The molecule has 0 saturated carbocycles. The zero-order valence-corrected chi connectivity index (χ0v) is 25.3. The molecular weight excluding hydrogens is 588 g/mol. The van der Waals surface area contributed by atoms with Gasteiger partial charge < -0.3 is 29.4 Å². The molecule has 0 bridgehead atoms. The Bertz CT molecular complexity index is 1710. The van der Waals surface area contributed by atoms with Crippen molar-refractivity contribution in [2.75, 3.05) is 33.8 Å². The summed E-state index contributed by atoms with van der Waals surface area (Å²) >= 11 is 6.03. The van der Waals surface area contributed by atoms with E-state index >= 15 is 0 Å². The van der Waals surface area contributed by atoms with E-state index < -0.39 is 5.97 Å². The Kier molecular flexibility index (Phi) is 10.6. The van der Waals surface area contributed by atoms with Crippen LogP contribution in [0.1, 0.15) is 11.1 Å². The fourth-order valence-corrected chi connectivity index (χ4v) is 4.46. The Hall–Kier alpha value is -5.29. The number of ether oxygens (including phenoxy) is 4. The molecule has 0 aliphatic carbocycles. The first-order valence-electron chi connectivity index (χ1n) is 13.3. The second kappa shape index (κ2) is 14.7.